The minimum absolute atomic E-state index is 0.0214. The second-order valence-electron chi connectivity index (χ2n) is 2.92. The summed E-state index contributed by atoms with van der Waals surface area (Å²) < 4.78 is 0. The minimum atomic E-state index is -0.449. The van der Waals surface area contributed by atoms with E-state index in [-0.39, 0.29) is 5.82 Å². The van der Waals surface area contributed by atoms with Gasteiger partial charge in [0.25, 0.3) is 5.95 Å². The van der Waals surface area contributed by atoms with Crippen molar-refractivity contribution in [2.45, 2.75) is 20.8 Å². The van der Waals surface area contributed by atoms with Gasteiger partial charge in [0.15, 0.2) is 0 Å². The van der Waals surface area contributed by atoms with Crippen LogP contribution in [0.25, 0.3) is 0 Å². The number of H-pyrrole nitrogens is 1. The van der Waals surface area contributed by atoms with Gasteiger partial charge in [0.2, 0.25) is 0 Å². The van der Waals surface area contributed by atoms with Crippen LogP contribution in [0.4, 0.5) is 11.8 Å². The lowest BCUT2D eigenvalue weighted by molar-refractivity contribution is -0.389. The van der Waals surface area contributed by atoms with Crippen molar-refractivity contribution < 1.29 is 4.92 Å². The molecule has 0 bridgehead atoms. The smallest absolute Gasteiger partial charge is 0.345 e. The van der Waals surface area contributed by atoms with Gasteiger partial charge in [-0.2, -0.15) is 4.98 Å². The first-order valence-electron chi connectivity index (χ1n) is 4.56. The summed E-state index contributed by atoms with van der Waals surface area (Å²) in [7, 11) is 0. The number of aromatic nitrogens is 2. The topological polar surface area (TPSA) is 75.1 Å². The predicted octanol–water partition coefficient (Wildman–Crippen LogP) is 1.47. The minimum Gasteiger partial charge on any atom is -0.358 e. The zero-order valence-corrected chi connectivity index (χ0v) is 8.57. The van der Waals surface area contributed by atoms with E-state index in [0.29, 0.717) is 11.6 Å². The van der Waals surface area contributed by atoms with Crippen molar-refractivity contribution >= 4 is 11.8 Å². The molecule has 0 amide bonds. The van der Waals surface area contributed by atoms with E-state index in [9.17, 15) is 10.1 Å². The average Bonchev–Trinajstić information content (AvgIpc) is 2.50. The molecule has 0 aromatic carbocycles. The van der Waals surface area contributed by atoms with Crippen molar-refractivity contribution in [3.8, 4) is 0 Å². The van der Waals surface area contributed by atoms with Gasteiger partial charge in [-0.3, -0.25) is 0 Å². The Balaban J connectivity index is 3.01. The number of hydrogen-bond donors (Lipinski definition) is 1. The van der Waals surface area contributed by atoms with E-state index in [1.807, 2.05) is 18.7 Å². The molecule has 1 heterocycles. The molecule has 1 rings (SSSR count). The third-order valence-electron chi connectivity index (χ3n) is 2.09. The van der Waals surface area contributed by atoms with Crippen molar-refractivity contribution in [3.05, 3.63) is 15.8 Å². The molecule has 6 nitrogen and oxygen atoms in total. The summed E-state index contributed by atoms with van der Waals surface area (Å²) in [6.45, 7) is 7.14. The predicted molar refractivity (Wildman–Crippen MR) is 53.5 cm³/mol. The lowest BCUT2D eigenvalue weighted by atomic mass is 10.5. The van der Waals surface area contributed by atoms with Crippen molar-refractivity contribution in [1.82, 2.24) is 9.97 Å². The van der Waals surface area contributed by atoms with Gasteiger partial charge in [0, 0.05) is 13.1 Å². The van der Waals surface area contributed by atoms with Crippen molar-refractivity contribution in [2.24, 2.45) is 0 Å². The fraction of sp³-hybridized carbons (Fsp3) is 0.625. The fourth-order valence-electron chi connectivity index (χ4n) is 1.29. The highest BCUT2D eigenvalue weighted by atomic mass is 16.6. The van der Waals surface area contributed by atoms with E-state index >= 15 is 0 Å². The van der Waals surface area contributed by atoms with Crippen LogP contribution in [0.5, 0.6) is 0 Å². The standard InChI is InChI=1S/C8H14N4O2/c1-4-11(5-2)8-9-6(3)7(10-8)12(13)14/h4-5H2,1-3H3,(H,9,10). The molecule has 1 aromatic rings. The fourth-order valence-corrected chi connectivity index (χ4v) is 1.29. The zero-order valence-electron chi connectivity index (χ0n) is 8.57. The second-order valence-corrected chi connectivity index (χ2v) is 2.92. The number of anilines is 1. The molecule has 78 valence electrons. The molecule has 1 N–H and O–H groups in total. The molecule has 0 unspecified atom stereocenters. The Morgan fingerprint density at radius 3 is 2.43 bits per heavy atom. The maximum Gasteiger partial charge on any atom is 0.345 e. The van der Waals surface area contributed by atoms with Crippen LogP contribution >= 0.6 is 0 Å². The first-order valence-corrected chi connectivity index (χ1v) is 4.56. The number of aryl methyl sites for hydroxylation is 1. The Hall–Kier alpha value is -1.59. The Bertz CT molecular complexity index is 330. The van der Waals surface area contributed by atoms with Crippen LogP contribution in [-0.2, 0) is 0 Å². The van der Waals surface area contributed by atoms with Gasteiger partial charge in [-0.15, -0.1) is 0 Å². The summed E-state index contributed by atoms with van der Waals surface area (Å²) in [6.07, 6.45) is 0. The summed E-state index contributed by atoms with van der Waals surface area (Å²) in [4.78, 5) is 18.8. The summed E-state index contributed by atoms with van der Waals surface area (Å²) in [5.74, 6) is 0.547. The Kier molecular flexibility index (Phi) is 3.06. The number of nitrogens with zero attached hydrogens (tertiary/aromatic N) is 3. The van der Waals surface area contributed by atoms with Crippen LogP contribution in [0.2, 0.25) is 0 Å². The first kappa shape index (κ1) is 10.5. The molecule has 0 spiro atoms. The quantitative estimate of drug-likeness (QED) is 0.587. The number of aromatic amines is 1. The summed E-state index contributed by atoms with van der Waals surface area (Å²) in [5.41, 5.74) is 0.428. The largest absolute Gasteiger partial charge is 0.358 e. The summed E-state index contributed by atoms with van der Waals surface area (Å²) >= 11 is 0. The molecule has 14 heavy (non-hydrogen) atoms. The SMILES string of the molecule is CCN(CC)c1nc(C)c([N+](=O)[O-])[nH]1. The average molecular weight is 198 g/mol. The number of rotatable bonds is 4. The van der Waals surface area contributed by atoms with Crippen LogP contribution in [0.3, 0.4) is 0 Å². The molecule has 1 aromatic heterocycles. The lowest BCUT2D eigenvalue weighted by Gasteiger charge is -2.13. The summed E-state index contributed by atoms with van der Waals surface area (Å²) in [6, 6.07) is 0. The van der Waals surface area contributed by atoms with E-state index in [2.05, 4.69) is 9.97 Å². The van der Waals surface area contributed by atoms with Gasteiger partial charge < -0.3 is 15.0 Å². The number of nitro groups is 1. The van der Waals surface area contributed by atoms with Crippen molar-refractivity contribution in [3.63, 3.8) is 0 Å². The Morgan fingerprint density at radius 1 is 1.50 bits per heavy atom. The van der Waals surface area contributed by atoms with Crippen LogP contribution in [0, 0.1) is 17.0 Å². The van der Waals surface area contributed by atoms with Crippen LogP contribution in [0.1, 0.15) is 19.5 Å². The molecular weight excluding hydrogens is 184 g/mol. The second kappa shape index (κ2) is 4.08. The molecule has 0 atom stereocenters. The van der Waals surface area contributed by atoms with Gasteiger partial charge in [0.1, 0.15) is 5.69 Å². The Morgan fingerprint density at radius 2 is 2.07 bits per heavy atom. The normalized spacial score (nSPS) is 10.2. The van der Waals surface area contributed by atoms with Gasteiger partial charge in [-0.25, -0.2) is 4.98 Å². The van der Waals surface area contributed by atoms with Gasteiger partial charge >= 0.3 is 5.82 Å². The highest BCUT2D eigenvalue weighted by molar-refractivity contribution is 5.40. The van der Waals surface area contributed by atoms with Gasteiger partial charge in [-0.05, 0) is 25.7 Å². The lowest BCUT2D eigenvalue weighted by Crippen LogP contribution is -2.23. The summed E-state index contributed by atoms with van der Waals surface area (Å²) in [5, 5.41) is 10.6. The first-order chi connectivity index (χ1) is 6.60. The number of imidazole rings is 1. The Labute approximate surface area is 82.1 Å². The van der Waals surface area contributed by atoms with Crippen LogP contribution in [0.15, 0.2) is 0 Å². The maximum atomic E-state index is 10.6. The molecule has 0 aliphatic rings. The van der Waals surface area contributed by atoms with E-state index in [1.54, 1.807) is 6.92 Å². The van der Waals surface area contributed by atoms with Gasteiger partial charge in [0.05, 0.1) is 0 Å². The number of nitrogens with one attached hydrogen (secondary N) is 1. The molecule has 6 heteroatoms. The van der Waals surface area contributed by atoms with E-state index < -0.39 is 4.92 Å². The molecular formula is C8H14N4O2. The molecule has 0 saturated carbocycles. The number of hydrogen-bond acceptors (Lipinski definition) is 4. The third-order valence-corrected chi connectivity index (χ3v) is 2.09. The molecule has 0 aliphatic carbocycles. The maximum absolute atomic E-state index is 10.6. The monoisotopic (exact) mass is 198 g/mol. The highest BCUT2D eigenvalue weighted by Crippen LogP contribution is 2.19. The van der Waals surface area contributed by atoms with E-state index in [0.717, 1.165) is 13.1 Å². The zero-order chi connectivity index (χ0) is 10.7. The highest BCUT2D eigenvalue weighted by Gasteiger charge is 2.18. The molecule has 0 fully saturated rings. The molecule has 0 aliphatic heterocycles. The van der Waals surface area contributed by atoms with Crippen molar-refractivity contribution in [1.29, 1.82) is 0 Å². The van der Waals surface area contributed by atoms with E-state index in [1.165, 1.54) is 0 Å². The van der Waals surface area contributed by atoms with Crippen LogP contribution in [-0.4, -0.2) is 28.0 Å². The van der Waals surface area contributed by atoms with Crippen molar-refractivity contribution in [2.75, 3.05) is 18.0 Å². The van der Waals surface area contributed by atoms with E-state index in [4.69, 9.17) is 0 Å². The van der Waals surface area contributed by atoms with Crippen LogP contribution < -0.4 is 4.90 Å². The molecule has 0 saturated heterocycles. The molecule has 0 radical (unpaired) electrons. The van der Waals surface area contributed by atoms with Gasteiger partial charge in [-0.1, -0.05) is 0 Å². The third kappa shape index (κ3) is 1.84.